The Morgan fingerprint density at radius 3 is 2.11 bits per heavy atom. The van der Waals surface area contributed by atoms with E-state index in [0.29, 0.717) is 23.9 Å². The standard InChI is InChI=1S/C17H26N2O3.C7H6ClF.C5H12/c1-12-7-8-14(15(9-12)18-11-20)10-19(6)13(2)16(21)22-17(3,4)5;1-5-3-2-4-6(8)7(5)9;1-5(2,3)4/h7-9,11,13H,10H2,1-6H3,(H,18,20);2-4H,1H3;1-4H3. The van der Waals surface area contributed by atoms with Crippen molar-refractivity contribution in [3.8, 4) is 0 Å². The van der Waals surface area contributed by atoms with Gasteiger partial charge in [-0.2, -0.15) is 0 Å². The summed E-state index contributed by atoms with van der Waals surface area (Å²) in [6, 6.07) is 10.4. The van der Waals surface area contributed by atoms with E-state index in [9.17, 15) is 14.0 Å². The number of likely N-dealkylation sites (N-methyl/N-ethyl adjacent to an activating group) is 1. The van der Waals surface area contributed by atoms with E-state index in [1.165, 1.54) is 6.07 Å². The molecule has 0 aliphatic heterocycles. The summed E-state index contributed by atoms with van der Waals surface area (Å²) in [6.07, 6.45) is 0.662. The van der Waals surface area contributed by atoms with Gasteiger partial charge in [0.25, 0.3) is 0 Å². The van der Waals surface area contributed by atoms with Gasteiger partial charge in [-0.3, -0.25) is 14.5 Å². The second kappa shape index (κ2) is 15.0. The summed E-state index contributed by atoms with van der Waals surface area (Å²) in [7, 11) is 1.86. The van der Waals surface area contributed by atoms with Gasteiger partial charge in [0.1, 0.15) is 17.5 Å². The zero-order chi connectivity index (χ0) is 28.3. The van der Waals surface area contributed by atoms with Crippen LogP contribution < -0.4 is 5.32 Å². The summed E-state index contributed by atoms with van der Waals surface area (Å²) in [4.78, 5) is 24.7. The first-order valence-electron chi connectivity index (χ1n) is 12.0. The van der Waals surface area contributed by atoms with Crippen LogP contribution in [0.25, 0.3) is 0 Å². The lowest BCUT2D eigenvalue weighted by molar-refractivity contribution is -0.160. The van der Waals surface area contributed by atoms with Crippen molar-refractivity contribution in [3.63, 3.8) is 0 Å². The zero-order valence-electron chi connectivity index (χ0n) is 23.8. The summed E-state index contributed by atoms with van der Waals surface area (Å²) in [5.74, 6) is -0.578. The average molecular weight is 523 g/mol. The van der Waals surface area contributed by atoms with Crippen LogP contribution in [0, 0.1) is 25.1 Å². The Balaban J connectivity index is 0.000000712. The Morgan fingerprint density at radius 1 is 1.11 bits per heavy atom. The third-order valence-corrected chi connectivity index (χ3v) is 4.75. The Kier molecular flexibility index (Phi) is 13.9. The van der Waals surface area contributed by atoms with Crippen molar-refractivity contribution in [1.82, 2.24) is 4.90 Å². The maximum absolute atomic E-state index is 12.6. The molecule has 0 bridgehead atoms. The van der Waals surface area contributed by atoms with E-state index in [1.54, 1.807) is 19.1 Å². The molecule has 0 saturated heterocycles. The SMILES string of the molecule is CC(C)(C)C.Cc1ccc(CN(C)C(C)C(=O)OC(C)(C)C)c(NC=O)c1.Cc1cccc(Cl)c1F. The maximum Gasteiger partial charge on any atom is 0.323 e. The lowest BCUT2D eigenvalue weighted by atomic mass is 10.0. The first-order chi connectivity index (χ1) is 16.4. The Labute approximate surface area is 222 Å². The number of benzene rings is 2. The van der Waals surface area contributed by atoms with Crippen molar-refractivity contribution in [2.75, 3.05) is 12.4 Å². The van der Waals surface area contributed by atoms with Gasteiger partial charge in [-0.15, -0.1) is 0 Å². The number of rotatable bonds is 6. The van der Waals surface area contributed by atoms with E-state index >= 15 is 0 Å². The molecule has 0 aromatic heterocycles. The Morgan fingerprint density at radius 2 is 1.67 bits per heavy atom. The molecular weight excluding hydrogens is 479 g/mol. The highest BCUT2D eigenvalue weighted by Gasteiger charge is 2.25. The molecule has 0 spiro atoms. The second-order valence-corrected chi connectivity index (χ2v) is 11.8. The molecule has 2 aromatic rings. The fourth-order valence-electron chi connectivity index (χ4n) is 2.61. The van der Waals surface area contributed by atoms with Crippen LogP contribution in [0.1, 0.15) is 72.1 Å². The van der Waals surface area contributed by atoms with E-state index in [-0.39, 0.29) is 22.9 Å². The number of anilines is 1. The number of hydrogen-bond acceptors (Lipinski definition) is 4. The molecule has 0 heterocycles. The molecule has 0 radical (unpaired) electrons. The molecule has 202 valence electrons. The number of halogens is 2. The summed E-state index contributed by atoms with van der Waals surface area (Å²) in [5, 5.41) is 2.90. The first-order valence-corrected chi connectivity index (χ1v) is 12.4. The van der Waals surface area contributed by atoms with Gasteiger partial charge in [0.2, 0.25) is 6.41 Å². The molecule has 0 fully saturated rings. The number of carbonyl (C=O) groups excluding carboxylic acids is 2. The first kappa shape index (κ1) is 33.6. The van der Waals surface area contributed by atoms with Crippen LogP contribution in [0.2, 0.25) is 5.02 Å². The lowest BCUT2D eigenvalue weighted by Gasteiger charge is -2.28. The van der Waals surface area contributed by atoms with Crippen LogP contribution in [-0.4, -0.2) is 36.0 Å². The van der Waals surface area contributed by atoms with E-state index in [0.717, 1.165) is 16.8 Å². The average Bonchev–Trinajstić information content (AvgIpc) is 2.71. The maximum atomic E-state index is 12.6. The molecule has 2 aromatic carbocycles. The van der Waals surface area contributed by atoms with Gasteiger partial charge in [0.05, 0.1) is 5.02 Å². The Hall–Kier alpha value is -2.44. The van der Waals surface area contributed by atoms with Crippen LogP contribution in [0.5, 0.6) is 0 Å². The van der Waals surface area contributed by atoms with Crippen molar-refractivity contribution in [3.05, 3.63) is 63.9 Å². The van der Waals surface area contributed by atoms with Crippen molar-refractivity contribution in [1.29, 1.82) is 0 Å². The monoisotopic (exact) mass is 522 g/mol. The topological polar surface area (TPSA) is 58.6 Å². The summed E-state index contributed by atoms with van der Waals surface area (Å²) < 4.78 is 18.0. The molecule has 2 rings (SSSR count). The third-order valence-electron chi connectivity index (χ3n) is 4.45. The van der Waals surface area contributed by atoms with Crippen LogP contribution in [-0.2, 0) is 20.9 Å². The zero-order valence-corrected chi connectivity index (χ0v) is 24.5. The fourth-order valence-corrected chi connectivity index (χ4v) is 2.83. The number of carbonyl (C=O) groups is 2. The van der Waals surface area contributed by atoms with Gasteiger partial charge in [0.15, 0.2) is 0 Å². The highest BCUT2D eigenvalue weighted by Crippen LogP contribution is 2.20. The molecule has 0 aliphatic rings. The minimum atomic E-state index is -0.500. The number of esters is 1. The second-order valence-electron chi connectivity index (χ2n) is 11.4. The van der Waals surface area contributed by atoms with E-state index < -0.39 is 5.60 Å². The number of hydrogen-bond donors (Lipinski definition) is 1. The number of aryl methyl sites for hydroxylation is 2. The number of nitrogens with one attached hydrogen (secondary N) is 1. The molecule has 1 unspecified atom stereocenters. The summed E-state index contributed by atoms with van der Waals surface area (Å²) in [5.41, 5.74) is 3.37. The van der Waals surface area contributed by atoms with Gasteiger partial charge in [-0.1, -0.05) is 63.6 Å². The molecule has 0 saturated carbocycles. The van der Waals surface area contributed by atoms with Gasteiger partial charge in [-0.25, -0.2) is 4.39 Å². The molecule has 1 amide bonds. The molecule has 5 nitrogen and oxygen atoms in total. The van der Waals surface area contributed by atoms with Crippen molar-refractivity contribution in [2.45, 2.75) is 87.4 Å². The number of ether oxygens (including phenoxy) is 1. The van der Waals surface area contributed by atoms with E-state index in [1.807, 2.05) is 64.8 Å². The minimum absolute atomic E-state index is 0.190. The summed E-state index contributed by atoms with van der Waals surface area (Å²) >= 11 is 5.44. The molecule has 0 aliphatic carbocycles. The van der Waals surface area contributed by atoms with E-state index in [4.69, 9.17) is 16.3 Å². The van der Waals surface area contributed by atoms with Gasteiger partial charge in [-0.05, 0) is 82.8 Å². The van der Waals surface area contributed by atoms with Crippen molar-refractivity contribution < 1.29 is 18.7 Å². The van der Waals surface area contributed by atoms with Gasteiger partial charge < -0.3 is 10.1 Å². The van der Waals surface area contributed by atoms with Crippen LogP contribution >= 0.6 is 11.6 Å². The summed E-state index contributed by atoms with van der Waals surface area (Å²) in [6.45, 7) is 20.3. The molecule has 36 heavy (non-hydrogen) atoms. The highest BCUT2D eigenvalue weighted by atomic mass is 35.5. The predicted molar refractivity (Wildman–Crippen MR) is 149 cm³/mol. The van der Waals surface area contributed by atoms with Crippen LogP contribution in [0.15, 0.2) is 36.4 Å². The molecule has 1 N–H and O–H groups in total. The van der Waals surface area contributed by atoms with E-state index in [2.05, 4.69) is 33.0 Å². The predicted octanol–water partition coefficient (Wildman–Crippen LogP) is 7.57. The quantitative estimate of drug-likeness (QED) is 0.314. The number of nitrogens with zero attached hydrogens (tertiary/aromatic N) is 1. The lowest BCUT2D eigenvalue weighted by Crippen LogP contribution is -2.40. The minimum Gasteiger partial charge on any atom is -0.459 e. The van der Waals surface area contributed by atoms with Crippen molar-refractivity contribution >= 4 is 29.7 Å². The third kappa shape index (κ3) is 14.8. The molecule has 1 atom stereocenters. The largest absolute Gasteiger partial charge is 0.459 e. The van der Waals surface area contributed by atoms with Gasteiger partial charge in [0, 0.05) is 12.2 Å². The number of amides is 1. The molecular formula is C29H44ClFN2O3. The smallest absolute Gasteiger partial charge is 0.323 e. The Bertz CT molecular complexity index is 955. The van der Waals surface area contributed by atoms with Crippen molar-refractivity contribution in [2.24, 2.45) is 5.41 Å². The van der Waals surface area contributed by atoms with Crippen LogP contribution in [0.3, 0.4) is 0 Å². The normalized spacial score (nSPS) is 11.9. The highest BCUT2D eigenvalue weighted by molar-refractivity contribution is 6.30. The fraction of sp³-hybridized carbons (Fsp3) is 0.517. The van der Waals surface area contributed by atoms with Crippen LogP contribution in [0.4, 0.5) is 10.1 Å². The van der Waals surface area contributed by atoms with Gasteiger partial charge >= 0.3 is 5.97 Å². The molecule has 7 heteroatoms.